The van der Waals surface area contributed by atoms with Crippen LogP contribution in [-0.4, -0.2) is 25.3 Å². The van der Waals surface area contributed by atoms with Crippen LogP contribution in [0.25, 0.3) is 5.76 Å². The van der Waals surface area contributed by atoms with E-state index in [1.165, 1.54) is 14.2 Å². The van der Waals surface area contributed by atoms with Gasteiger partial charge >= 0.3 is 5.97 Å². The Bertz CT molecular complexity index is 367. The first kappa shape index (κ1) is 11.1. The van der Waals surface area contributed by atoms with Crippen molar-refractivity contribution in [2.24, 2.45) is 0 Å². The van der Waals surface area contributed by atoms with Gasteiger partial charge in [-0.2, -0.15) is 0 Å². The number of hydrogen-bond donors (Lipinski definition) is 1. The minimum absolute atomic E-state index is 0.205. The van der Waals surface area contributed by atoms with Gasteiger partial charge in [-0.3, -0.25) is 0 Å². The van der Waals surface area contributed by atoms with Gasteiger partial charge in [0, 0.05) is 5.56 Å². The first-order valence-corrected chi connectivity index (χ1v) is 4.31. The lowest BCUT2D eigenvalue weighted by atomic mass is 10.1. The van der Waals surface area contributed by atoms with Crippen LogP contribution < -0.4 is 0 Å². The summed E-state index contributed by atoms with van der Waals surface area (Å²) in [6, 6.07) is 8.93. The van der Waals surface area contributed by atoms with Gasteiger partial charge < -0.3 is 14.6 Å². The molecule has 0 fully saturated rings. The van der Waals surface area contributed by atoms with E-state index in [0.29, 0.717) is 5.56 Å². The van der Waals surface area contributed by atoms with E-state index >= 15 is 0 Å². The molecule has 80 valence electrons. The van der Waals surface area contributed by atoms with E-state index in [9.17, 15) is 4.79 Å². The summed E-state index contributed by atoms with van der Waals surface area (Å²) in [5.41, 5.74) is 0.666. The summed E-state index contributed by atoms with van der Waals surface area (Å²) in [6.07, 6.45) is 0. The molecule has 0 atom stereocenters. The maximum atomic E-state index is 10.8. The number of rotatable bonds is 4. The highest BCUT2D eigenvalue weighted by Gasteiger charge is 2.17. The Balaban J connectivity index is 3.23. The van der Waals surface area contributed by atoms with Crippen LogP contribution in [0, 0.1) is 0 Å². The van der Waals surface area contributed by atoms with E-state index in [0.717, 1.165) is 0 Å². The van der Waals surface area contributed by atoms with Crippen molar-refractivity contribution in [3.05, 3.63) is 41.7 Å². The van der Waals surface area contributed by atoms with Crippen molar-refractivity contribution >= 4 is 11.7 Å². The maximum Gasteiger partial charge on any atom is 0.375 e. The SMILES string of the molecule is COC(C(=O)O)=C(OC)c1ccccc1. The summed E-state index contributed by atoms with van der Waals surface area (Å²) in [4.78, 5) is 10.8. The lowest BCUT2D eigenvalue weighted by Gasteiger charge is -2.09. The van der Waals surface area contributed by atoms with Crippen LogP contribution in [0.4, 0.5) is 0 Å². The van der Waals surface area contributed by atoms with Crippen molar-refractivity contribution < 1.29 is 19.4 Å². The number of carboxylic acid groups (broad SMARTS) is 1. The minimum atomic E-state index is -1.15. The third-order valence-electron chi connectivity index (χ3n) is 1.84. The van der Waals surface area contributed by atoms with Crippen LogP contribution in [0.15, 0.2) is 36.1 Å². The lowest BCUT2D eigenvalue weighted by Crippen LogP contribution is -2.07. The monoisotopic (exact) mass is 208 g/mol. The van der Waals surface area contributed by atoms with E-state index in [4.69, 9.17) is 14.6 Å². The predicted molar refractivity (Wildman–Crippen MR) is 55.0 cm³/mol. The zero-order valence-corrected chi connectivity index (χ0v) is 8.56. The van der Waals surface area contributed by atoms with E-state index in [-0.39, 0.29) is 11.5 Å². The molecule has 0 saturated heterocycles. The summed E-state index contributed by atoms with van der Waals surface area (Å²) >= 11 is 0. The number of carbonyl (C=O) groups is 1. The Labute approximate surface area is 87.7 Å². The van der Waals surface area contributed by atoms with Crippen molar-refractivity contribution in [2.45, 2.75) is 0 Å². The molecule has 1 aromatic rings. The molecule has 15 heavy (non-hydrogen) atoms. The molecule has 0 aliphatic heterocycles. The molecule has 1 N–H and O–H groups in total. The summed E-state index contributed by atoms with van der Waals surface area (Å²) < 4.78 is 9.80. The van der Waals surface area contributed by atoms with Crippen molar-refractivity contribution in [3.8, 4) is 0 Å². The van der Waals surface area contributed by atoms with Crippen molar-refractivity contribution in [1.29, 1.82) is 0 Å². The minimum Gasteiger partial charge on any atom is -0.492 e. The van der Waals surface area contributed by atoms with Gasteiger partial charge in [0.05, 0.1) is 14.2 Å². The van der Waals surface area contributed by atoms with E-state index in [1.807, 2.05) is 6.07 Å². The van der Waals surface area contributed by atoms with Crippen LogP contribution in [0.5, 0.6) is 0 Å². The number of hydrogen-bond acceptors (Lipinski definition) is 3. The third kappa shape index (κ3) is 2.49. The Kier molecular flexibility index (Phi) is 3.74. The van der Waals surface area contributed by atoms with Crippen molar-refractivity contribution in [1.82, 2.24) is 0 Å². The van der Waals surface area contributed by atoms with E-state index in [2.05, 4.69) is 0 Å². The standard InChI is InChI=1S/C11H12O4/c1-14-9(10(15-2)11(12)13)8-6-4-3-5-7-8/h3-7H,1-2H3,(H,12,13). The van der Waals surface area contributed by atoms with Gasteiger partial charge in [-0.05, 0) is 0 Å². The smallest absolute Gasteiger partial charge is 0.375 e. The normalized spacial score (nSPS) is 11.6. The molecule has 1 rings (SSSR count). The van der Waals surface area contributed by atoms with Gasteiger partial charge in [-0.15, -0.1) is 0 Å². The maximum absolute atomic E-state index is 10.8. The van der Waals surface area contributed by atoms with Crippen LogP contribution in [-0.2, 0) is 14.3 Å². The molecule has 0 radical (unpaired) electrons. The van der Waals surface area contributed by atoms with Crippen LogP contribution >= 0.6 is 0 Å². The fourth-order valence-electron chi connectivity index (χ4n) is 1.21. The van der Waals surface area contributed by atoms with Gasteiger partial charge in [0.25, 0.3) is 0 Å². The average Bonchev–Trinajstić information content (AvgIpc) is 2.26. The summed E-state index contributed by atoms with van der Waals surface area (Å²) in [5, 5.41) is 8.87. The number of carboxylic acids is 1. The van der Waals surface area contributed by atoms with Gasteiger partial charge in [0.15, 0.2) is 5.76 Å². The molecule has 4 heteroatoms. The lowest BCUT2D eigenvalue weighted by molar-refractivity contribution is -0.136. The Hall–Kier alpha value is -1.97. The largest absolute Gasteiger partial charge is 0.492 e. The van der Waals surface area contributed by atoms with Crippen molar-refractivity contribution in [3.63, 3.8) is 0 Å². The molecule has 0 heterocycles. The number of ether oxygens (including phenoxy) is 2. The first-order chi connectivity index (χ1) is 7.20. The van der Waals surface area contributed by atoms with Gasteiger partial charge in [-0.1, -0.05) is 30.3 Å². The average molecular weight is 208 g/mol. The first-order valence-electron chi connectivity index (χ1n) is 4.31. The highest BCUT2D eigenvalue weighted by Crippen LogP contribution is 2.19. The molecule has 4 nitrogen and oxygen atoms in total. The highest BCUT2D eigenvalue weighted by atomic mass is 16.5. The molecule has 0 spiro atoms. The molecular weight excluding hydrogens is 196 g/mol. The fourth-order valence-corrected chi connectivity index (χ4v) is 1.21. The molecule has 0 aromatic heterocycles. The molecule has 0 unspecified atom stereocenters. The molecule has 0 amide bonds. The van der Waals surface area contributed by atoms with E-state index < -0.39 is 5.97 Å². The zero-order valence-electron chi connectivity index (χ0n) is 8.56. The van der Waals surface area contributed by atoms with Gasteiger partial charge in [-0.25, -0.2) is 4.79 Å². The Morgan fingerprint density at radius 1 is 1.13 bits per heavy atom. The number of aliphatic carboxylic acids is 1. The van der Waals surface area contributed by atoms with Crippen LogP contribution in [0.3, 0.4) is 0 Å². The predicted octanol–water partition coefficient (Wildman–Crippen LogP) is 1.73. The second-order valence-electron chi connectivity index (χ2n) is 2.74. The zero-order chi connectivity index (χ0) is 11.3. The second-order valence-corrected chi connectivity index (χ2v) is 2.74. The topological polar surface area (TPSA) is 55.8 Å². The van der Waals surface area contributed by atoms with E-state index in [1.54, 1.807) is 24.3 Å². The second kappa shape index (κ2) is 5.05. The molecule has 0 aliphatic carbocycles. The highest BCUT2D eigenvalue weighted by molar-refractivity contribution is 5.92. The number of methoxy groups -OCH3 is 2. The molecule has 0 saturated carbocycles. The Morgan fingerprint density at radius 2 is 1.73 bits per heavy atom. The summed E-state index contributed by atoms with van der Waals surface area (Å²) in [6.45, 7) is 0. The third-order valence-corrected chi connectivity index (χ3v) is 1.84. The van der Waals surface area contributed by atoms with Crippen LogP contribution in [0.1, 0.15) is 5.56 Å². The van der Waals surface area contributed by atoms with Gasteiger partial charge in [0.1, 0.15) is 0 Å². The van der Waals surface area contributed by atoms with Crippen LogP contribution in [0.2, 0.25) is 0 Å². The summed E-state index contributed by atoms with van der Waals surface area (Å²) in [5.74, 6) is -1.15. The summed E-state index contributed by atoms with van der Waals surface area (Å²) in [7, 11) is 2.70. The molecule has 0 bridgehead atoms. The molecule has 0 aliphatic rings. The Morgan fingerprint density at radius 3 is 2.13 bits per heavy atom. The van der Waals surface area contributed by atoms with Gasteiger partial charge in [0.2, 0.25) is 5.76 Å². The molecular formula is C11H12O4. The van der Waals surface area contributed by atoms with Crippen molar-refractivity contribution in [2.75, 3.05) is 14.2 Å². The fraction of sp³-hybridized carbons (Fsp3) is 0.182. The molecule has 1 aromatic carbocycles. The number of benzene rings is 1. The quantitative estimate of drug-likeness (QED) is 0.604.